The van der Waals surface area contributed by atoms with Gasteiger partial charge in [0, 0.05) is 12.6 Å². The van der Waals surface area contributed by atoms with Crippen LogP contribution in [-0.2, 0) is 11.3 Å². The lowest BCUT2D eigenvalue weighted by atomic mass is 10.2. The summed E-state index contributed by atoms with van der Waals surface area (Å²) in [6, 6.07) is 12.9. The van der Waals surface area contributed by atoms with Gasteiger partial charge in [0.05, 0.1) is 19.2 Å². The Balaban J connectivity index is 1.93. The highest BCUT2D eigenvalue weighted by Crippen LogP contribution is 2.28. The molecule has 4 nitrogen and oxygen atoms in total. The second-order valence-corrected chi connectivity index (χ2v) is 5.14. The quantitative estimate of drug-likeness (QED) is 0.821. The van der Waals surface area contributed by atoms with Crippen molar-refractivity contribution in [2.24, 2.45) is 0 Å². The maximum absolute atomic E-state index is 11.9. The van der Waals surface area contributed by atoms with E-state index < -0.39 is 0 Å². The van der Waals surface area contributed by atoms with Gasteiger partial charge in [-0.3, -0.25) is 4.79 Å². The van der Waals surface area contributed by atoms with E-state index in [0.29, 0.717) is 17.3 Å². The Kier molecular flexibility index (Phi) is 6.06. The van der Waals surface area contributed by atoms with Crippen molar-refractivity contribution in [2.75, 3.05) is 14.2 Å². The van der Waals surface area contributed by atoms with Crippen molar-refractivity contribution >= 4 is 23.6 Å². The standard InChI is InChI=1S/C18H18ClNO3/c1-22-15-9-6-13(7-10-15)12-20-17(21)11-8-14-4-3-5-16(23-2)18(14)19/h3-11H,12H2,1-2H3,(H,20,21)/b11-8+. The first-order valence-corrected chi connectivity index (χ1v) is 7.43. The van der Waals surface area contributed by atoms with Gasteiger partial charge in [-0.15, -0.1) is 0 Å². The fourth-order valence-electron chi connectivity index (χ4n) is 1.97. The Morgan fingerprint density at radius 2 is 1.87 bits per heavy atom. The normalized spacial score (nSPS) is 10.6. The third-order valence-corrected chi connectivity index (χ3v) is 3.66. The fraction of sp³-hybridized carbons (Fsp3) is 0.167. The number of halogens is 1. The summed E-state index contributed by atoms with van der Waals surface area (Å²) >= 11 is 6.17. The summed E-state index contributed by atoms with van der Waals surface area (Å²) < 4.78 is 10.2. The topological polar surface area (TPSA) is 47.6 Å². The van der Waals surface area contributed by atoms with Crippen molar-refractivity contribution in [1.82, 2.24) is 5.32 Å². The molecule has 5 heteroatoms. The van der Waals surface area contributed by atoms with Crippen LogP contribution in [0.25, 0.3) is 6.08 Å². The van der Waals surface area contributed by atoms with E-state index in [1.807, 2.05) is 36.4 Å². The number of rotatable bonds is 6. The molecular formula is C18H18ClNO3. The predicted molar refractivity (Wildman–Crippen MR) is 91.9 cm³/mol. The number of carbonyl (C=O) groups is 1. The molecule has 1 amide bonds. The summed E-state index contributed by atoms with van der Waals surface area (Å²) in [6.45, 7) is 0.443. The highest BCUT2D eigenvalue weighted by Gasteiger charge is 2.04. The second kappa shape index (κ2) is 8.25. The Morgan fingerprint density at radius 3 is 2.52 bits per heavy atom. The summed E-state index contributed by atoms with van der Waals surface area (Å²) in [4.78, 5) is 11.9. The summed E-state index contributed by atoms with van der Waals surface area (Å²) in [5.41, 5.74) is 1.72. The molecule has 0 aliphatic heterocycles. The maximum Gasteiger partial charge on any atom is 0.244 e. The molecule has 0 bridgehead atoms. The largest absolute Gasteiger partial charge is 0.497 e. The summed E-state index contributed by atoms with van der Waals surface area (Å²) in [7, 11) is 3.17. The molecule has 0 saturated heterocycles. The molecule has 0 aliphatic rings. The van der Waals surface area contributed by atoms with Crippen LogP contribution in [0.4, 0.5) is 0 Å². The van der Waals surface area contributed by atoms with Crippen LogP contribution in [0.3, 0.4) is 0 Å². The van der Waals surface area contributed by atoms with Crippen molar-refractivity contribution < 1.29 is 14.3 Å². The predicted octanol–water partition coefficient (Wildman–Crippen LogP) is 3.69. The van der Waals surface area contributed by atoms with Gasteiger partial charge in [-0.25, -0.2) is 0 Å². The van der Waals surface area contributed by atoms with E-state index in [0.717, 1.165) is 16.9 Å². The van der Waals surface area contributed by atoms with Crippen molar-refractivity contribution in [3.05, 3.63) is 64.7 Å². The smallest absolute Gasteiger partial charge is 0.244 e. The van der Waals surface area contributed by atoms with E-state index in [9.17, 15) is 4.79 Å². The van der Waals surface area contributed by atoms with Gasteiger partial charge >= 0.3 is 0 Å². The van der Waals surface area contributed by atoms with Gasteiger partial charge in [0.15, 0.2) is 0 Å². The number of benzene rings is 2. The number of carbonyl (C=O) groups excluding carboxylic acids is 1. The Labute approximate surface area is 140 Å². The number of hydrogen-bond acceptors (Lipinski definition) is 3. The third kappa shape index (κ3) is 4.76. The van der Waals surface area contributed by atoms with Crippen LogP contribution in [0.5, 0.6) is 11.5 Å². The SMILES string of the molecule is COc1ccc(CNC(=O)/C=C/c2cccc(OC)c2Cl)cc1. The molecule has 0 fully saturated rings. The molecule has 0 radical (unpaired) electrons. The number of amides is 1. The molecule has 0 aromatic heterocycles. The van der Waals surface area contributed by atoms with Gasteiger partial charge in [-0.05, 0) is 35.4 Å². The van der Waals surface area contributed by atoms with Crippen LogP contribution in [0.15, 0.2) is 48.5 Å². The molecule has 2 aromatic carbocycles. The number of hydrogen-bond donors (Lipinski definition) is 1. The molecule has 2 rings (SSSR count). The van der Waals surface area contributed by atoms with Gasteiger partial charge in [0.1, 0.15) is 11.5 Å². The zero-order chi connectivity index (χ0) is 16.7. The first-order chi connectivity index (χ1) is 11.1. The highest BCUT2D eigenvalue weighted by molar-refractivity contribution is 6.33. The van der Waals surface area contributed by atoms with Crippen LogP contribution in [0.1, 0.15) is 11.1 Å². The van der Waals surface area contributed by atoms with Crippen LogP contribution >= 0.6 is 11.6 Å². The number of ether oxygens (including phenoxy) is 2. The zero-order valence-electron chi connectivity index (χ0n) is 13.0. The minimum atomic E-state index is -0.195. The molecule has 0 spiro atoms. The van der Waals surface area contributed by atoms with Gasteiger partial charge in [0.2, 0.25) is 5.91 Å². The van der Waals surface area contributed by atoms with Crippen molar-refractivity contribution in [2.45, 2.75) is 6.54 Å². The molecule has 2 aromatic rings. The Morgan fingerprint density at radius 1 is 1.13 bits per heavy atom. The van der Waals surface area contributed by atoms with E-state index in [1.54, 1.807) is 26.4 Å². The average molecular weight is 332 g/mol. The summed E-state index contributed by atoms with van der Waals surface area (Å²) in [5.74, 6) is 1.17. The summed E-state index contributed by atoms with van der Waals surface area (Å²) in [5, 5.41) is 3.29. The lowest BCUT2D eigenvalue weighted by molar-refractivity contribution is -0.116. The van der Waals surface area contributed by atoms with E-state index in [1.165, 1.54) is 6.08 Å². The molecule has 0 aliphatic carbocycles. The van der Waals surface area contributed by atoms with Gasteiger partial charge in [0.25, 0.3) is 0 Å². The second-order valence-electron chi connectivity index (χ2n) is 4.76. The van der Waals surface area contributed by atoms with Crippen molar-refractivity contribution in [1.29, 1.82) is 0 Å². The van der Waals surface area contributed by atoms with Gasteiger partial charge in [-0.1, -0.05) is 35.9 Å². The maximum atomic E-state index is 11.9. The van der Waals surface area contributed by atoms with Crippen LogP contribution in [0, 0.1) is 0 Å². The number of nitrogens with one attached hydrogen (secondary N) is 1. The number of methoxy groups -OCH3 is 2. The molecule has 0 unspecified atom stereocenters. The highest BCUT2D eigenvalue weighted by atomic mass is 35.5. The minimum Gasteiger partial charge on any atom is -0.497 e. The Hall–Kier alpha value is -2.46. The molecule has 23 heavy (non-hydrogen) atoms. The lowest BCUT2D eigenvalue weighted by Gasteiger charge is -2.06. The van der Waals surface area contributed by atoms with E-state index in [-0.39, 0.29) is 5.91 Å². The van der Waals surface area contributed by atoms with E-state index in [2.05, 4.69) is 5.32 Å². The zero-order valence-corrected chi connectivity index (χ0v) is 13.8. The van der Waals surface area contributed by atoms with Crippen LogP contribution in [0.2, 0.25) is 5.02 Å². The molecule has 1 N–H and O–H groups in total. The van der Waals surface area contributed by atoms with Crippen molar-refractivity contribution in [3.63, 3.8) is 0 Å². The average Bonchev–Trinajstić information content (AvgIpc) is 2.59. The van der Waals surface area contributed by atoms with Crippen LogP contribution < -0.4 is 14.8 Å². The summed E-state index contributed by atoms with van der Waals surface area (Å²) in [6.07, 6.45) is 3.11. The Bertz CT molecular complexity index is 696. The first-order valence-electron chi connectivity index (χ1n) is 7.05. The van der Waals surface area contributed by atoms with Gasteiger partial charge in [-0.2, -0.15) is 0 Å². The molecule has 0 saturated carbocycles. The third-order valence-electron chi connectivity index (χ3n) is 3.25. The van der Waals surface area contributed by atoms with E-state index >= 15 is 0 Å². The molecule has 0 heterocycles. The first kappa shape index (κ1) is 16.9. The fourth-order valence-corrected chi connectivity index (χ4v) is 2.24. The molecule has 0 atom stereocenters. The van der Waals surface area contributed by atoms with Crippen LogP contribution in [-0.4, -0.2) is 20.1 Å². The monoisotopic (exact) mass is 331 g/mol. The van der Waals surface area contributed by atoms with Crippen molar-refractivity contribution in [3.8, 4) is 11.5 Å². The minimum absolute atomic E-state index is 0.195. The lowest BCUT2D eigenvalue weighted by Crippen LogP contribution is -2.20. The molecule has 120 valence electrons. The molecular weight excluding hydrogens is 314 g/mol. The van der Waals surface area contributed by atoms with E-state index in [4.69, 9.17) is 21.1 Å². The van der Waals surface area contributed by atoms with Gasteiger partial charge < -0.3 is 14.8 Å².